The van der Waals surface area contributed by atoms with Crippen LogP contribution in [0.15, 0.2) is 30.3 Å². The van der Waals surface area contributed by atoms with Crippen molar-refractivity contribution in [3.63, 3.8) is 0 Å². The van der Waals surface area contributed by atoms with E-state index in [0.717, 1.165) is 19.3 Å². The van der Waals surface area contributed by atoms with E-state index in [1.165, 1.54) is 0 Å². The van der Waals surface area contributed by atoms with Crippen LogP contribution in [0.5, 0.6) is 0 Å². The zero-order valence-corrected chi connectivity index (χ0v) is 17.3. The van der Waals surface area contributed by atoms with Gasteiger partial charge in [0.25, 0.3) is 0 Å². The molecule has 2 rings (SSSR count). The molecule has 1 aliphatic carbocycles. The van der Waals surface area contributed by atoms with E-state index in [1.807, 2.05) is 30.3 Å². The Hall–Kier alpha value is -1.59. The molecule has 0 aliphatic heterocycles. The van der Waals surface area contributed by atoms with Gasteiger partial charge in [-0.2, -0.15) is 0 Å². The van der Waals surface area contributed by atoms with Gasteiger partial charge in [-0.3, -0.25) is 4.79 Å². The number of hydrogen-bond donors (Lipinski definition) is 2. The molecular weight excluding hydrogens is 364 g/mol. The molecule has 1 amide bonds. The van der Waals surface area contributed by atoms with Gasteiger partial charge in [0.05, 0.1) is 6.04 Å². The third-order valence-electron chi connectivity index (χ3n) is 5.44. The molecule has 1 fully saturated rings. The van der Waals surface area contributed by atoms with E-state index >= 15 is 0 Å². The fourth-order valence-electron chi connectivity index (χ4n) is 3.71. The van der Waals surface area contributed by atoms with E-state index in [-0.39, 0.29) is 12.0 Å². The Kier molecular flexibility index (Phi) is 8.11. The number of nitrogens with one attached hydrogen (secondary N) is 2. The van der Waals surface area contributed by atoms with E-state index in [4.69, 9.17) is 16.5 Å². The van der Waals surface area contributed by atoms with Gasteiger partial charge >= 0.3 is 5.97 Å². The Morgan fingerprint density at radius 1 is 1.15 bits per heavy atom. The summed E-state index contributed by atoms with van der Waals surface area (Å²) in [5.74, 6) is 0.554. The number of esters is 1. The van der Waals surface area contributed by atoms with Crippen LogP contribution in [0.25, 0.3) is 0 Å². The summed E-state index contributed by atoms with van der Waals surface area (Å²) in [6.45, 7) is 8.17. The smallest absolute Gasteiger partial charge is 0.333 e. The number of carbonyl (C=O) groups is 2. The van der Waals surface area contributed by atoms with Gasteiger partial charge in [0.2, 0.25) is 5.91 Å². The molecule has 0 aromatic heterocycles. The van der Waals surface area contributed by atoms with Crippen LogP contribution in [0.1, 0.15) is 58.6 Å². The summed E-state index contributed by atoms with van der Waals surface area (Å²) in [6, 6.07) is 7.70. The number of benzene rings is 1. The van der Waals surface area contributed by atoms with Crippen LogP contribution in [0, 0.1) is 17.8 Å². The maximum absolute atomic E-state index is 13.0. The Morgan fingerprint density at radius 3 is 2.41 bits per heavy atom. The second kappa shape index (κ2) is 10.1. The summed E-state index contributed by atoms with van der Waals surface area (Å²) in [5.41, 5.74) is 0.697. The number of halogens is 1. The maximum atomic E-state index is 13.0. The van der Waals surface area contributed by atoms with Crippen molar-refractivity contribution >= 4 is 23.7 Å². The van der Waals surface area contributed by atoms with Crippen LogP contribution in [-0.2, 0) is 14.3 Å². The van der Waals surface area contributed by atoms with Gasteiger partial charge in [-0.15, -0.1) is 0 Å². The first-order valence-corrected chi connectivity index (χ1v) is 10.1. The lowest BCUT2D eigenvalue weighted by Crippen LogP contribution is -2.45. The van der Waals surface area contributed by atoms with Crippen molar-refractivity contribution in [2.45, 2.75) is 65.1 Å². The zero-order chi connectivity index (χ0) is 20.0. The average Bonchev–Trinajstić information content (AvgIpc) is 2.65. The topological polar surface area (TPSA) is 67.4 Å². The van der Waals surface area contributed by atoms with Gasteiger partial charge in [0.15, 0.2) is 6.04 Å². The summed E-state index contributed by atoms with van der Waals surface area (Å²) in [7, 11) is 0. The molecule has 27 heavy (non-hydrogen) atoms. The van der Waals surface area contributed by atoms with E-state index in [2.05, 4.69) is 30.9 Å². The highest BCUT2D eigenvalue weighted by Crippen LogP contribution is 2.36. The van der Waals surface area contributed by atoms with Crippen LogP contribution in [-0.4, -0.2) is 24.0 Å². The van der Waals surface area contributed by atoms with Gasteiger partial charge in [0, 0.05) is 0 Å². The number of rotatable bonds is 7. The lowest BCUT2D eigenvalue weighted by Gasteiger charge is -2.37. The molecule has 5 atom stereocenters. The van der Waals surface area contributed by atoms with E-state index in [9.17, 15) is 9.59 Å². The van der Waals surface area contributed by atoms with Crippen LogP contribution in [0.2, 0.25) is 0 Å². The molecule has 0 unspecified atom stereocenters. The van der Waals surface area contributed by atoms with E-state index in [0.29, 0.717) is 23.3 Å². The van der Waals surface area contributed by atoms with Crippen molar-refractivity contribution in [1.82, 2.24) is 10.2 Å². The molecule has 0 bridgehead atoms. The fraction of sp³-hybridized carbons (Fsp3) is 0.619. The molecule has 0 saturated heterocycles. The van der Waals surface area contributed by atoms with E-state index < -0.39 is 18.1 Å². The lowest BCUT2D eigenvalue weighted by atomic mass is 9.75. The Balaban J connectivity index is 2.18. The van der Waals surface area contributed by atoms with Crippen LogP contribution < -0.4 is 10.2 Å². The standard InChI is InChI=1S/C21H31ClN2O3/c1-13(2)17-11-10-14(3)12-18(17)27-21(26)19(16-8-6-5-7-9-16)23-20(25)15(4)24-22/h5-9,13-15,17-19,24H,10-12H2,1-4H3,(H,23,25)/t14-,15-,17+,18-,19+/m1/s1. The van der Waals surface area contributed by atoms with Gasteiger partial charge in [0.1, 0.15) is 6.10 Å². The van der Waals surface area contributed by atoms with Crippen molar-refractivity contribution in [2.24, 2.45) is 17.8 Å². The van der Waals surface area contributed by atoms with E-state index in [1.54, 1.807) is 6.92 Å². The lowest BCUT2D eigenvalue weighted by molar-refractivity contribution is -0.160. The molecule has 0 radical (unpaired) electrons. The van der Waals surface area contributed by atoms with Crippen LogP contribution in [0.3, 0.4) is 0 Å². The predicted molar refractivity (Wildman–Crippen MR) is 107 cm³/mol. The summed E-state index contributed by atoms with van der Waals surface area (Å²) in [6.07, 6.45) is 2.97. The zero-order valence-electron chi connectivity index (χ0n) is 16.6. The molecule has 5 nitrogen and oxygen atoms in total. The number of amides is 1. The summed E-state index contributed by atoms with van der Waals surface area (Å²) >= 11 is 5.55. The highest BCUT2D eigenvalue weighted by atomic mass is 35.5. The second-order valence-electron chi connectivity index (χ2n) is 7.98. The number of ether oxygens (including phenoxy) is 1. The highest BCUT2D eigenvalue weighted by molar-refractivity contribution is 6.15. The Labute approximate surface area is 167 Å². The third-order valence-corrected chi connectivity index (χ3v) is 5.77. The predicted octanol–water partition coefficient (Wildman–Crippen LogP) is 3.98. The molecule has 0 spiro atoms. The second-order valence-corrected chi connectivity index (χ2v) is 8.20. The number of carbonyl (C=O) groups excluding carboxylic acids is 2. The molecule has 2 N–H and O–H groups in total. The first-order chi connectivity index (χ1) is 12.8. The van der Waals surface area contributed by atoms with Crippen LogP contribution >= 0.6 is 11.8 Å². The average molecular weight is 395 g/mol. The van der Waals surface area contributed by atoms with Crippen molar-refractivity contribution in [1.29, 1.82) is 0 Å². The van der Waals surface area contributed by atoms with Crippen molar-refractivity contribution in [3.05, 3.63) is 35.9 Å². The van der Waals surface area contributed by atoms with Crippen molar-refractivity contribution < 1.29 is 14.3 Å². The largest absolute Gasteiger partial charge is 0.460 e. The normalized spacial score (nSPS) is 24.9. The minimum absolute atomic E-state index is 0.118. The van der Waals surface area contributed by atoms with Gasteiger partial charge in [-0.05, 0) is 54.9 Å². The quantitative estimate of drug-likeness (QED) is 0.542. The van der Waals surface area contributed by atoms with Gasteiger partial charge < -0.3 is 10.1 Å². The minimum Gasteiger partial charge on any atom is -0.460 e. The molecule has 6 heteroatoms. The Morgan fingerprint density at radius 2 is 1.81 bits per heavy atom. The minimum atomic E-state index is -0.851. The van der Waals surface area contributed by atoms with Gasteiger partial charge in [-0.25, -0.2) is 9.63 Å². The third kappa shape index (κ3) is 5.94. The molecular formula is C21H31ClN2O3. The summed E-state index contributed by atoms with van der Waals surface area (Å²) in [5, 5.41) is 2.77. The first kappa shape index (κ1) is 21.7. The fourth-order valence-corrected chi connectivity index (χ4v) is 3.81. The monoisotopic (exact) mass is 394 g/mol. The van der Waals surface area contributed by atoms with Crippen molar-refractivity contribution in [3.8, 4) is 0 Å². The van der Waals surface area contributed by atoms with Gasteiger partial charge in [-0.1, -0.05) is 57.5 Å². The molecule has 150 valence electrons. The first-order valence-electron chi connectivity index (χ1n) is 9.75. The van der Waals surface area contributed by atoms with Crippen molar-refractivity contribution in [2.75, 3.05) is 0 Å². The molecule has 1 aromatic rings. The Bertz CT molecular complexity index is 623. The van der Waals surface area contributed by atoms with Crippen LogP contribution in [0.4, 0.5) is 0 Å². The summed E-state index contributed by atoms with van der Waals surface area (Å²) < 4.78 is 5.96. The summed E-state index contributed by atoms with van der Waals surface area (Å²) in [4.78, 5) is 27.7. The highest BCUT2D eigenvalue weighted by Gasteiger charge is 2.36. The molecule has 1 aromatic carbocycles. The molecule has 1 saturated carbocycles. The molecule has 0 heterocycles. The number of hydrogen-bond acceptors (Lipinski definition) is 4. The molecule has 1 aliphatic rings. The SMILES string of the molecule is CC(C)[C@@H]1CC[C@@H](C)C[C@H]1OC(=O)[C@@H](NC(=O)[C@@H](C)NCl)c1ccccc1. The maximum Gasteiger partial charge on any atom is 0.333 e.